The van der Waals surface area contributed by atoms with E-state index in [0.717, 1.165) is 18.9 Å². The van der Waals surface area contributed by atoms with Gasteiger partial charge in [0.15, 0.2) is 17.5 Å². The quantitative estimate of drug-likeness (QED) is 0.796. The number of rotatable bonds is 2. The lowest BCUT2D eigenvalue weighted by Gasteiger charge is -2.40. The lowest BCUT2D eigenvalue weighted by Crippen LogP contribution is -2.51. The van der Waals surface area contributed by atoms with Crippen molar-refractivity contribution in [2.24, 2.45) is 0 Å². The highest BCUT2D eigenvalue weighted by molar-refractivity contribution is 5.69. The molecule has 0 radical (unpaired) electrons. The number of carbonyl (C=O) groups excluding carboxylic acids is 1. The fourth-order valence-corrected chi connectivity index (χ4v) is 3.76. The monoisotopic (exact) mass is 356 g/mol. The van der Waals surface area contributed by atoms with Gasteiger partial charge in [0.05, 0.1) is 5.69 Å². The van der Waals surface area contributed by atoms with Gasteiger partial charge in [0, 0.05) is 18.1 Å². The van der Waals surface area contributed by atoms with Crippen molar-refractivity contribution in [1.82, 2.24) is 4.90 Å². The molecule has 138 valence electrons. The van der Waals surface area contributed by atoms with Crippen molar-refractivity contribution in [2.45, 2.75) is 70.2 Å². The Labute approximate surface area is 145 Å². The maximum absolute atomic E-state index is 13.9. The van der Waals surface area contributed by atoms with Crippen LogP contribution in [0, 0.1) is 17.5 Å². The Morgan fingerprint density at radius 2 is 1.72 bits per heavy atom. The Balaban J connectivity index is 1.68. The molecule has 1 aromatic rings. The maximum atomic E-state index is 13.9. The van der Waals surface area contributed by atoms with Crippen molar-refractivity contribution in [1.29, 1.82) is 0 Å². The molecule has 2 unspecified atom stereocenters. The van der Waals surface area contributed by atoms with Crippen molar-refractivity contribution in [3.8, 4) is 0 Å². The topological polar surface area (TPSA) is 41.6 Å². The van der Waals surface area contributed by atoms with Crippen LogP contribution >= 0.6 is 0 Å². The van der Waals surface area contributed by atoms with E-state index in [9.17, 15) is 18.0 Å². The molecule has 1 aromatic carbocycles. The smallest absolute Gasteiger partial charge is 0.410 e. The first kappa shape index (κ1) is 17.9. The number of nitrogens with zero attached hydrogens (tertiary/aromatic N) is 1. The van der Waals surface area contributed by atoms with Gasteiger partial charge >= 0.3 is 6.09 Å². The van der Waals surface area contributed by atoms with Gasteiger partial charge in [-0.05, 0) is 58.6 Å². The lowest BCUT2D eigenvalue weighted by molar-refractivity contribution is 0.00682. The molecule has 2 aliphatic heterocycles. The molecule has 1 N–H and O–H groups in total. The van der Waals surface area contributed by atoms with Crippen LogP contribution in [0.25, 0.3) is 0 Å². The molecule has 25 heavy (non-hydrogen) atoms. The van der Waals surface area contributed by atoms with E-state index in [1.165, 1.54) is 6.07 Å². The van der Waals surface area contributed by atoms with Gasteiger partial charge in [-0.2, -0.15) is 0 Å². The highest BCUT2D eigenvalue weighted by Crippen LogP contribution is 2.38. The molecule has 0 spiro atoms. The highest BCUT2D eigenvalue weighted by Gasteiger charge is 2.45. The number of hydrogen-bond donors (Lipinski definition) is 1. The van der Waals surface area contributed by atoms with Crippen molar-refractivity contribution >= 4 is 11.8 Å². The normalized spacial score (nSPS) is 25.8. The number of anilines is 1. The second-order valence-electron chi connectivity index (χ2n) is 7.81. The minimum atomic E-state index is -1.47. The molecule has 7 heteroatoms. The van der Waals surface area contributed by atoms with Gasteiger partial charge in [-0.15, -0.1) is 0 Å². The van der Waals surface area contributed by atoms with Crippen LogP contribution in [0.15, 0.2) is 12.1 Å². The van der Waals surface area contributed by atoms with Crippen molar-refractivity contribution in [2.75, 3.05) is 5.32 Å². The van der Waals surface area contributed by atoms with Crippen LogP contribution in [0.1, 0.15) is 46.5 Å². The zero-order chi connectivity index (χ0) is 18.4. The molecule has 2 aliphatic rings. The summed E-state index contributed by atoms with van der Waals surface area (Å²) in [6.45, 7) is 5.48. The van der Waals surface area contributed by atoms with Crippen LogP contribution in [0.3, 0.4) is 0 Å². The fraction of sp³-hybridized carbons (Fsp3) is 0.611. The standard InChI is InChI=1S/C18H23F3N2O2/c1-18(2,3)25-17(24)23-11-4-5-12(23)9-10(8-11)22-14-7-6-13(19)15(20)16(14)21/h6-7,10-12,22H,4-5,8-9H2,1-3H3. The van der Waals surface area contributed by atoms with E-state index in [-0.39, 0.29) is 29.9 Å². The van der Waals surface area contributed by atoms with E-state index in [2.05, 4.69) is 5.32 Å². The zero-order valence-corrected chi connectivity index (χ0v) is 14.6. The summed E-state index contributed by atoms with van der Waals surface area (Å²) in [5.74, 6) is -3.89. The highest BCUT2D eigenvalue weighted by atomic mass is 19.2. The van der Waals surface area contributed by atoms with Crippen molar-refractivity contribution in [3.05, 3.63) is 29.6 Å². The largest absolute Gasteiger partial charge is 0.444 e. The number of nitrogens with one attached hydrogen (secondary N) is 1. The molecule has 3 rings (SSSR count). The Hall–Kier alpha value is -1.92. The van der Waals surface area contributed by atoms with Gasteiger partial charge in [-0.1, -0.05) is 0 Å². The van der Waals surface area contributed by atoms with Crippen molar-refractivity contribution < 1.29 is 22.7 Å². The first-order valence-electron chi connectivity index (χ1n) is 8.57. The molecule has 2 bridgehead atoms. The molecule has 1 amide bonds. The molecule has 0 saturated carbocycles. The molecule has 2 atom stereocenters. The Bertz CT molecular complexity index is 661. The van der Waals surface area contributed by atoms with Crippen LogP contribution < -0.4 is 5.32 Å². The summed E-state index contributed by atoms with van der Waals surface area (Å²) in [5.41, 5.74) is -0.602. The fourth-order valence-electron chi connectivity index (χ4n) is 3.76. The number of halogens is 3. The van der Waals surface area contributed by atoms with E-state index in [1.54, 1.807) is 4.90 Å². The van der Waals surface area contributed by atoms with Crippen LogP contribution in [0.2, 0.25) is 0 Å². The summed E-state index contributed by atoms with van der Waals surface area (Å²) in [6, 6.07) is 2.04. The average molecular weight is 356 g/mol. The third kappa shape index (κ3) is 3.70. The SMILES string of the molecule is CC(C)(C)OC(=O)N1C2CCC1CC(Nc1ccc(F)c(F)c1F)C2. The molecule has 0 aromatic heterocycles. The second-order valence-corrected chi connectivity index (χ2v) is 7.81. The van der Waals surface area contributed by atoms with E-state index >= 15 is 0 Å². The minimum absolute atomic E-state index is 0.0134. The summed E-state index contributed by atoms with van der Waals surface area (Å²) in [5, 5.41) is 2.97. The molecule has 2 saturated heterocycles. The number of carbonyl (C=O) groups is 1. The summed E-state index contributed by atoms with van der Waals surface area (Å²) < 4.78 is 45.8. The number of piperidine rings is 1. The third-order valence-corrected chi connectivity index (χ3v) is 4.73. The summed E-state index contributed by atoms with van der Waals surface area (Å²) >= 11 is 0. The Morgan fingerprint density at radius 3 is 2.28 bits per heavy atom. The van der Waals surface area contributed by atoms with Crippen LogP contribution in [-0.2, 0) is 4.74 Å². The van der Waals surface area contributed by atoms with Gasteiger partial charge in [-0.3, -0.25) is 0 Å². The zero-order valence-electron chi connectivity index (χ0n) is 14.6. The third-order valence-electron chi connectivity index (χ3n) is 4.73. The van der Waals surface area contributed by atoms with Gasteiger partial charge in [0.1, 0.15) is 5.60 Å². The van der Waals surface area contributed by atoms with Crippen molar-refractivity contribution in [3.63, 3.8) is 0 Å². The van der Waals surface area contributed by atoms with E-state index in [4.69, 9.17) is 4.74 Å². The number of hydrogen-bond acceptors (Lipinski definition) is 3. The molecule has 0 aliphatic carbocycles. The van der Waals surface area contributed by atoms with Gasteiger partial charge < -0.3 is 15.0 Å². The number of amides is 1. The lowest BCUT2D eigenvalue weighted by atomic mass is 9.97. The predicted octanol–water partition coefficient (Wildman–Crippen LogP) is 4.45. The first-order valence-corrected chi connectivity index (χ1v) is 8.57. The molecular weight excluding hydrogens is 333 g/mol. The maximum Gasteiger partial charge on any atom is 0.410 e. The summed E-state index contributed by atoms with van der Waals surface area (Å²) in [7, 11) is 0. The van der Waals surface area contributed by atoms with Crippen LogP contribution in [0.5, 0.6) is 0 Å². The van der Waals surface area contributed by atoms with E-state index in [1.807, 2.05) is 20.8 Å². The first-order chi connectivity index (χ1) is 11.7. The summed E-state index contributed by atoms with van der Waals surface area (Å²) in [4.78, 5) is 14.2. The Morgan fingerprint density at radius 1 is 1.12 bits per heavy atom. The van der Waals surface area contributed by atoms with Crippen LogP contribution in [0.4, 0.5) is 23.7 Å². The molecule has 2 heterocycles. The van der Waals surface area contributed by atoms with Gasteiger partial charge in [0.2, 0.25) is 0 Å². The molecule has 2 fully saturated rings. The molecular formula is C18H23F3N2O2. The average Bonchev–Trinajstić information content (AvgIpc) is 2.78. The van der Waals surface area contributed by atoms with Gasteiger partial charge in [-0.25, -0.2) is 18.0 Å². The minimum Gasteiger partial charge on any atom is -0.444 e. The number of benzene rings is 1. The number of fused-ring (bicyclic) bond motifs is 2. The van der Waals surface area contributed by atoms with E-state index in [0.29, 0.717) is 12.8 Å². The Kier molecular flexibility index (Phi) is 4.60. The molecule has 4 nitrogen and oxygen atoms in total. The van der Waals surface area contributed by atoms with E-state index < -0.39 is 23.1 Å². The van der Waals surface area contributed by atoms with Crippen LogP contribution in [-0.4, -0.2) is 34.7 Å². The van der Waals surface area contributed by atoms with Gasteiger partial charge in [0.25, 0.3) is 0 Å². The predicted molar refractivity (Wildman–Crippen MR) is 87.8 cm³/mol. The number of ether oxygens (including phenoxy) is 1. The second kappa shape index (κ2) is 6.42. The summed E-state index contributed by atoms with van der Waals surface area (Å²) in [6.07, 6.45) is 2.64.